The van der Waals surface area contributed by atoms with Crippen molar-refractivity contribution in [3.63, 3.8) is 0 Å². The Morgan fingerprint density at radius 2 is 1.79 bits per heavy atom. The zero-order valence-corrected chi connectivity index (χ0v) is 11.4. The number of hydrogen-bond acceptors (Lipinski definition) is 4. The smallest absolute Gasteiger partial charge is 0.162 e. The first-order valence-electron chi connectivity index (χ1n) is 6.73. The van der Waals surface area contributed by atoms with Gasteiger partial charge in [-0.3, -0.25) is 0 Å². The second kappa shape index (κ2) is 5.57. The van der Waals surface area contributed by atoms with Crippen molar-refractivity contribution in [3.05, 3.63) is 22.7 Å². The Bertz CT molecular complexity index is 460. The third kappa shape index (κ3) is 2.66. The van der Waals surface area contributed by atoms with E-state index in [4.69, 9.17) is 21.1 Å². The molecule has 0 bridgehead atoms. The van der Waals surface area contributed by atoms with Crippen molar-refractivity contribution in [1.29, 1.82) is 0 Å². The van der Waals surface area contributed by atoms with E-state index in [9.17, 15) is 5.11 Å². The van der Waals surface area contributed by atoms with Gasteiger partial charge in [-0.15, -0.1) is 0 Å². The summed E-state index contributed by atoms with van der Waals surface area (Å²) in [6.07, 6.45) is 1.39. The van der Waals surface area contributed by atoms with Crippen molar-refractivity contribution in [3.8, 4) is 11.5 Å². The van der Waals surface area contributed by atoms with E-state index >= 15 is 0 Å². The quantitative estimate of drug-likeness (QED) is 0.873. The first-order chi connectivity index (χ1) is 9.25. The minimum Gasteiger partial charge on any atom is -0.486 e. The number of ether oxygens (including phenoxy) is 2. The molecule has 1 aromatic carbocycles. The van der Waals surface area contributed by atoms with Crippen molar-refractivity contribution in [2.75, 3.05) is 26.3 Å². The Labute approximate surface area is 117 Å². The summed E-state index contributed by atoms with van der Waals surface area (Å²) in [5.41, 5.74) is 0.748. The molecular formula is C14H18ClNO3. The molecule has 1 atom stereocenters. The van der Waals surface area contributed by atoms with Gasteiger partial charge in [0.15, 0.2) is 11.5 Å². The van der Waals surface area contributed by atoms with Crippen molar-refractivity contribution >= 4 is 11.6 Å². The lowest BCUT2D eigenvalue weighted by Gasteiger charge is -2.29. The van der Waals surface area contributed by atoms with Gasteiger partial charge in [-0.2, -0.15) is 0 Å². The van der Waals surface area contributed by atoms with Crippen molar-refractivity contribution in [1.82, 2.24) is 5.32 Å². The highest BCUT2D eigenvalue weighted by Gasteiger charge is 2.26. The average molecular weight is 284 g/mol. The molecule has 1 unspecified atom stereocenters. The standard InChI is InChI=1S/C14H18ClNO3/c15-11-8-13-12(18-5-6-19-13)7-10(11)14(17)9-1-3-16-4-2-9/h7-9,14,16-17H,1-6H2. The average Bonchev–Trinajstić information content (AvgIpc) is 2.47. The van der Waals surface area contributed by atoms with Crippen LogP contribution in [0, 0.1) is 5.92 Å². The molecule has 1 saturated heterocycles. The van der Waals surface area contributed by atoms with E-state index in [2.05, 4.69) is 5.32 Å². The molecule has 1 fully saturated rings. The number of fused-ring (bicyclic) bond motifs is 1. The summed E-state index contributed by atoms with van der Waals surface area (Å²) in [6.45, 7) is 2.98. The second-order valence-electron chi connectivity index (χ2n) is 5.05. The van der Waals surface area contributed by atoms with Crippen molar-refractivity contribution in [2.45, 2.75) is 18.9 Å². The highest BCUT2D eigenvalue weighted by atomic mass is 35.5. The van der Waals surface area contributed by atoms with Gasteiger partial charge in [0.25, 0.3) is 0 Å². The first kappa shape index (κ1) is 13.0. The molecule has 0 aliphatic carbocycles. The van der Waals surface area contributed by atoms with Crippen LogP contribution >= 0.6 is 11.6 Å². The van der Waals surface area contributed by atoms with Crippen molar-refractivity contribution in [2.24, 2.45) is 5.92 Å². The van der Waals surface area contributed by atoms with Gasteiger partial charge >= 0.3 is 0 Å². The maximum Gasteiger partial charge on any atom is 0.162 e. The fourth-order valence-electron chi connectivity index (χ4n) is 2.72. The first-order valence-corrected chi connectivity index (χ1v) is 7.11. The van der Waals surface area contributed by atoms with Crippen LogP contribution in [0.4, 0.5) is 0 Å². The van der Waals surface area contributed by atoms with Gasteiger partial charge in [-0.25, -0.2) is 0 Å². The third-order valence-electron chi connectivity index (χ3n) is 3.81. The molecule has 1 aromatic rings. The minimum absolute atomic E-state index is 0.251. The summed E-state index contributed by atoms with van der Waals surface area (Å²) in [6, 6.07) is 3.57. The van der Waals surface area contributed by atoms with Crippen LogP contribution in [0.2, 0.25) is 5.02 Å². The molecule has 4 nitrogen and oxygen atoms in total. The van der Waals surface area contributed by atoms with E-state index in [0.717, 1.165) is 31.5 Å². The Balaban J connectivity index is 1.86. The molecule has 3 rings (SSSR count). The lowest BCUT2D eigenvalue weighted by atomic mass is 9.88. The number of benzene rings is 1. The lowest BCUT2D eigenvalue weighted by molar-refractivity contribution is 0.0881. The van der Waals surface area contributed by atoms with Gasteiger partial charge in [0, 0.05) is 11.6 Å². The van der Waals surface area contributed by atoms with Crippen LogP contribution in [0.25, 0.3) is 0 Å². The van der Waals surface area contributed by atoms with E-state index in [1.54, 1.807) is 6.07 Å². The molecule has 104 valence electrons. The van der Waals surface area contributed by atoms with E-state index in [-0.39, 0.29) is 5.92 Å². The van der Waals surface area contributed by atoms with E-state index < -0.39 is 6.10 Å². The molecule has 0 aromatic heterocycles. The van der Waals surface area contributed by atoms with Gasteiger partial charge in [-0.05, 0) is 37.9 Å². The summed E-state index contributed by atoms with van der Waals surface area (Å²) in [5.74, 6) is 1.59. The van der Waals surface area contributed by atoms with Crippen LogP contribution in [0.3, 0.4) is 0 Å². The zero-order valence-electron chi connectivity index (χ0n) is 10.7. The number of nitrogens with one attached hydrogen (secondary N) is 1. The fraction of sp³-hybridized carbons (Fsp3) is 0.571. The molecule has 2 N–H and O–H groups in total. The molecule has 19 heavy (non-hydrogen) atoms. The largest absolute Gasteiger partial charge is 0.486 e. The fourth-order valence-corrected chi connectivity index (χ4v) is 2.99. The van der Waals surface area contributed by atoms with Crippen LogP contribution < -0.4 is 14.8 Å². The molecule has 0 spiro atoms. The van der Waals surface area contributed by atoms with Crippen LogP contribution in [0.15, 0.2) is 12.1 Å². The lowest BCUT2D eigenvalue weighted by Crippen LogP contribution is -2.31. The summed E-state index contributed by atoms with van der Waals surface area (Å²) >= 11 is 6.26. The number of hydrogen-bond donors (Lipinski definition) is 2. The SMILES string of the molecule is OC(c1cc2c(cc1Cl)OCCO2)C1CCNCC1. The predicted octanol–water partition coefficient (Wildman–Crippen LogP) is 2.14. The van der Waals surface area contributed by atoms with Crippen LogP contribution in [-0.4, -0.2) is 31.4 Å². The van der Waals surface area contributed by atoms with E-state index in [1.807, 2.05) is 6.07 Å². The van der Waals surface area contributed by atoms with Crippen molar-refractivity contribution < 1.29 is 14.6 Å². The predicted molar refractivity (Wildman–Crippen MR) is 73.0 cm³/mol. The van der Waals surface area contributed by atoms with Crippen LogP contribution in [-0.2, 0) is 0 Å². The molecular weight excluding hydrogens is 266 g/mol. The molecule has 2 aliphatic rings. The summed E-state index contributed by atoms with van der Waals surface area (Å²) < 4.78 is 11.0. The zero-order chi connectivity index (χ0) is 13.2. The number of piperidine rings is 1. The van der Waals surface area contributed by atoms with Crippen LogP contribution in [0.1, 0.15) is 24.5 Å². The highest BCUT2D eigenvalue weighted by Crippen LogP contribution is 2.40. The van der Waals surface area contributed by atoms with E-state index in [1.165, 1.54) is 0 Å². The number of halogens is 1. The molecule has 0 amide bonds. The Morgan fingerprint density at radius 1 is 1.16 bits per heavy atom. The number of aliphatic hydroxyl groups is 1. The molecule has 2 aliphatic heterocycles. The van der Waals surface area contributed by atoms with Gasteiger partial charge in [0.05, 0.1) is 11.1 Å². The summed E-state index contributed by atoms with van der Waals surface area (Å²) in [7, 11) is 0. The summed E-state index contributed by atoms with van der Waals surface area (Å²) in [5, 5.41) is 14.4. The molecule has 0 radical (unpaired) electrons. The Hall–Kier alpha value is -0.970. The molecule has 0 saturated carbocycles. The number of rotatable bonds is 2. The van der Waals surface area contributed by atoms with Crippen LogP contribution in [0.5, 0.6) is 11.5 Å². The Kier molecular flexibility index (Phi) is 3.82. The van der Waals surface area contributed by atoms with E-state index in [0.29, 0.717) is 29.7 Å². The topological polar surface area (TPSA) is 50.7 Å². The maximum absolute atomic E-state index is 10.5. The highest BCUT2D eigenvalue weighted by molar-refractivity contribution is 6.31. The van der Waals surface area contributed by atoms with Gasteiger partial charge in [0.2, 0.25) is 0 Å². The number of aliphatic hydroxyl groups excluding tert-OH is 1. The Morgan fingerprint density at radius 3 is 2.47 bits per heavy atom. The maximum atomic E-state index is 10.5. The van der Waals surface area contributed by atoms with Gasteiger partial charge < -0.3 is 19.9 Å². The van der Waals surface area contributed by atoms with Gasteiger partial charge in [0.1, 0.15) is 13.2 Å². The monoisotopic (exact) mass is 283 g/mol. The molecule has 5 heteroatoms. The summed E-state index contributed by atoms with van der Waals surface area (Å²) in [4.78, 5) is 0. The second-order valence-corrected chi connectivity index (χ2v) is 5.46. The third-order valence-corrected chi connectivity index (χ3v) is 4.14. The normalized spacial score (nSPS) is 21.2. The van der Waals surface area contributed by atoms with Gasteiger partial charge in [-0.1, -0.05) is 11.6 Å². The minimum atomic E-state index is -0.537. The molecule has 2 heterocycles.